The predicted octanol–water partition coefficient (Wildman–Crippen LogP) is 2.68. The smallest absolute Gasteiger partial charge is 0.245 e. The summed E-state index contributed by atoms with van der Waals surface area (Å²) in [6, 6.07) is 10.2. The third kappa shape index (κ3) is 5.81. The van der Waals surface area contributed by atoms with Crippen LogP contribution in [-0.4, -0.2) is 74.5 Å². The first-order chi connectivity index (χ1) is 17.2. The lowest BCUT2D eigenvalue weighted by Crippen LogP contribution is -2.51. The Morgan fingerprint density at radius 3 is 2.75 bits per heavy atom. The number of amides is 2. The number of fused-ring (bicyclic) bond motifs is 1. The second-order valence-corrected chi connectivity index (χ2v) is 11.3. The van der Waals surface area contributed by atoms with Gasteiger partial charge in [-0.15, -0.1) is 0 Å². The molecule has 1 N–H and O–H groups in total. The number of nitrogens with one attached hydrogen (secondary N) is 1. The Morgan fingerprint density at radius 1 is 1.28 bits per heavy atom. The molecule has 192 valence electrons. The zero-order valence-electron chi connectivity index (χ0n) is 20.0. The first kappa shape index (κ1) is 26.4. The number of rotatable bonds is 9. The van der Waals surface area contributed by atoms with E-state index in [9.17, 15) is 18.0 Å². The molecule has 2 aromatic carbocycles. The molecule has 3 atom stereocenters. The van der Waals surface area contributed by atoms with Gasteiger partial charge < -0.3 is 14.5 Å². The maximum atomic E-state index is 13.3. The molecular formula is C25H29ClN4O5S. The predicted molar refractivity (Wildman–Crippen MR) is 135 cm³/mol. The number of nitrogens with zero attached hydrogens (tertiary/aromatic N) is 3. The van der Waals surface area contributed by atoms with E-state index in [1.54, 1.807) is 36.1 Å². The number of ether oxygens (including phenoxy) is 1. The summed E-state index contributed by atoms with van der Waals surface area (Å²) in [5.41, 5.74) is 0. The summed E-state index contributed by atoms with van der Waals surface area (Å²) in [5.74, 6) is -0.713. The first-order valence-corrected chi connectivity index (χ1v) is 13.8. The van der Waals surface area contributed by atoms with Crippen LogP contribution in [0.25, 0.3) is 10.8 Å². The van der Waals surface area contributed by atoms with Crippen LogP contribution in [0.4, 0.5) is 0 Å². The monoisotopic (exact) mass is 532 g/mol. The summed E-state index contributed by atoms with van der Waals surface area (Å²) >= 11 is 6.01. The van der Waals surface area contributed by atoms with Crippen molar-refractivity contribution in [1.82, 2.24) is 14.5 Å². The fourth-order valence-electron chi connectivity index (χ4n) is 4.72. The highest BCUT2D eigenvalue weighted by molar-refractivity contribution is 7.89. The topological polar surface area (TPSA) is 120 Å². The van der Waals surface area contributed by atoms with Gasteiger partial charge in [0.1, 0.15) is 12.1 Å². The van der Waals surface area contributed by atoms with E-state index in [0.717, 1.165) is 18.2 Å². The van der Waals surface area contributed by atoms with Crippen molar-refractivity contribution in [3.8, 4) is 6.07 Å². The fraction of sp³-hybridized carbons (Fsp3) is 0.480. The highest BCUT2D eigenvalue weighted by Crippen LogP contribution is 2.24. The number of sulfonamides is 1. The molecule has 2 aliphatic rings. The Labute approximate surface area is 216 Å². The van der Waals surface area contributed by atoms with Crippen LogP contribution < -0.4 is 4.72 Å². The third-order valence-electron chi connectivity index (χ3n) is 6.70. The van der Waals surface area contributed by atoms with Gasteiger partial charge >= 0.3 is 0 Å². The Morgan fingerprint density at radius 2 is 2.03 bits per heavy atom. The van der Waals surface area contributed by atoms with Crippen LogP contribution in [0.15, 0.2) is 41.3 Å². The Hall–Kier alpha value is -2.71. The number of halogens is 1. The van der Waals surface area contributed by atoms with Gasteiger partial charge in [0.15, 0.2) is 0 Å². The zero-order chi connectivity index (χ0) is 25.9. The van der Waals surface area contributed by atoms with Crippen LogP contribution in [0.1, 0.15) is 32.6 Å². The number of nitriles is 1. The van der Waals surface area contributed by atoms with Crippen LogP contribution in [0.5, 0.6) is 0 Å². The van der Waals surface area contributed by atoms with Crippen LogP contribution in [0.3, 0.4) is 0 Å². The van der Waals surface area contributed by atoms with Gasteiger partial charge in [0.25, 0.3) is 0 Å². The highest BCUT2D eigenvalue weighted by atomic mass is 35.5. The van der Waals surface area contributed by atoms with Gasteiger partial charge in [-0.25, -0.2) is 8.42 Å². The minimum Gasteiger partial charge on any atom is -0.376 e. The zero-order valence-corrected chi connectivity index (χ0v) is 21.6. The third-order valence-corrected chi connectivity index (χ3v) is 8.40. The molecule has 0 spiro atoms. The first-order valence-electron chi connectivity index (χ1n) is 12.0. The number of carbonyl (C=O) groups excluding carboxylic acids is 2. The number of benzene rings is 2. The normalized spacial score (nSPS) is 21.0. The molecule has 2 fully saturated rings. The summed E-state index contributed by atoms with van der Waals surface area (Å²) in [5, 5.41) is 11.1. The molecule has 2 heterocycles. The SMILES string of the molecule is C[C@@H](C(=O)N(CCC#N)CC1CCCO1)N1CC[C@H](NS(=O)(=O)c2ccc3cc(Cl)ccc3c2)C1=O. The molecular weight excluding hydrogens is 504 g/mol. The van der Waals surface area contributed by atoms with E-state index in [1.807, 2.05) is 0 Å². The van der Waals surface area contributed by atoms with Crippen molar-refractivity contribution in [1.29, 1.82) is 5.26 Å². The maximum Gasteiger partial charge on any atom is 0.245 e. The fourth-order valence-corrected chi connectivity index (χ4v) is 6.16. The quantitative estimate of drug-likeness (QED) is 0.530. The lowest BCUT2D eigenvalue weighted by molar-refractivity contribution is -0.144. The van der Waals surface area contributed by atoms with Crippen molar-refractivity contribution in [2.24, 2.45) is 0 Å². The lowest BCUT2D eigenvalue weighted by atomic mass is 10.1. The molecule has 2 aliphatic heterocycles. The van der Waals surface area contributed by atoms with Crippen LogP contribution >= 0.6 is 11.6 Å². The van der Waals surface area contributed by atoms with E-state index in [-0.39, 0.29) is 42.8 Å². The summed E-state index contributed by atoms with van der Waals surface area (Å²) in [6.07, 6.45) is 2.13. The summed E-state index contributed by atoms with van der Waals surface area (Å²) in [4.78, 5) is 29.4. The van der Waals surface area contributed by atoms with Crippen molar-refractivity contribution in [3.63, 3.8) is 0 Å². The largest absolute Gasteiger partial charge is 0.376 e. The van der Waals surface area contributed by atoms with E-state index in [2.05, 4.69) is 10.8 Å². The minimum absolute atomic E-state index is 0.0481. The minimum atomic E-state index is -3.97. The van der Waals surface area contributed by atoms with Crippen molar-refractivity contribution in [3.05, 3.63) is 41.4 Å². The highest BCUT2D eigenvalue weighted by Gasteiger charge is 2.40. The van der Waals surface area contributed by atoms with Crippen LogP contribution in [-0.2, 0) is 24.3 Å². The number of hydrogen-bond donors (Lipinski definition) is 1. The molecule has 1 unspecified atom stereocenters. The van der Waals surface area contributed by atoms with Gasteiger partial charge in [0.05, 0.1) is 23.5 Å². The molecule has 4 rings (SSSR count). The van der Waals surface area contributed by atoms with E-state index >= 15 is 0 Å². The van der Waals surface area contributed by atoms with Crippen LogP contribution in [0, 0.1) is 11.3 Å². The van der Waals surface area contributed by atoms with Crippen molar-refractivity contribution < 1.29 is 22.7 Å². The van der Waals surface area contributed by atoms with E-state index in [0.29, 0.717) is 23.6 Å². The Balaban J connectivity index is 1.43. The van der Waals surface area contributed by atoms with Crippen LogP contribution in [0.2, 0.25) is 5.02 Å². The Bertz CT molecular complexity index is 1290. The van der Waals surface area contributed by atoms with E-state index < -0.39 is 28.0 Å². The molecule has 0 radical (unpaired) electrons. The second kappa shape index (κ2) is 11.1. The molecule has 2 aromatic rings. The summed E-state index contributed by atoms with van der Waals surface area (Å²) in [7, 11) is -3.97. The van der Waals surface area contributed by atoms with Gasteiger partial charge in [-0.3, -0.25) is 9.59 Å². The second-order valence-electron chi connectivity index (χ2n) is 9.15. The average molecular weight is 533 g/mol. The van der Waals surface area contributed by atoms with Crippen molar-refractivity contribution in [2.45, 2.75) is 55.7 Å². The van der Waals surface area contributed by atoms with Gasteiger partial charge in [-0.2, -0.15) is 9.98 Å². The van der Waals surface area contributed by atoms with Gasteiger partial charge in [0.2, 0.25) is 21.8 Å². The van der Waals surface area contributed by atoms with Gasteiger partial charge in [0, 0.05) is 31.3 Å². The lowest BCUT2D eigenvalue weighted by Gasteiger charge is -2.31. The number of carbonyl (C=O) groups is 2. The molecule has 2 amide bonds. The average Bonchev–Trinajstić information content (AvgIpc) is 3.50. The summed E-state index contributed by atoms with van der Waals surface area (Å²) < 4.78 is 34.3. The standard InChI is InChI=1S/C25H29ClN4O5S/c1-17(24(31)29(11-3-10-27)16-21-4-2-13-35-21)30-12-9-23(25(30)32)28-36(33,34)22-8-6-18-14-20(26)7-5-19(18)15-22/h5-8,14-15,17,21,23,28H,2-4,9,11-13,16H2,1H3/t17-,21?,23-/m0/s1. The molecule has 0 bridgehead atoms. The van der Waals surface area contributed by atoms with Gasteiger partial charge in [-0.05, 0) is 61.2 Å². The molecule has 36 heavy (non-hydrogen) atoms. The molecule has 11 heteroatoms. The molecule has 2 saturated heterocycles. The maximum absolute atomic E-state index is 13.3. The number of likely N-dealkylation sites (tertiary alicyclic amines) is 1. The summed E-state index contributed by atoms with van der Waals surface area (Å²) in [6.45, 7) is 3.17. The van der Waals surface area contributed by atoms with Crippen molar-refractivity contribution in [2.75, 3.05) is 26.2 Å². The molecule has 9 nitrogen and oxygen atoms in total. The van der Waals surface area contributed by atoms with Gasteiger partial charge in [-0.1, -0.05) is 23.7 Å². The molecule has 0 aliphatic carbocycles. The van der Waals surface area contributed by atoms with Crippen molar-refractivity contribution >= 4 is 44.2 Å². The molecule has 0 saturated carbocycles. The van der Waals surface area contributed by atoms with E-state index in [4.69, 9.17) is 21.6 Å². The number of hydrogen-bond acceptors (Lipinski definition) is 6. The molecule has 0 aromatic heterocycles. The van der Waals surface area contributed by atoms with E-state index in [1.165, 1.54) is 17.0 Å². The Kier molecular flexibility index (Phi) is 8.15.